The summed E-state index contributed by atoms with van der Waals surface area (Å²) >= 11 is 0. The highest BCUT2D eigenvalue weighted by Gasteiger charge is 2.22. The van der Waals surface area contributed by atoms with E-state index < -0.39 is 20.0 Å². The third-order valence-corrected chi connectivity index (χ3v) is 5.75. The summed E-state index contributed by atoms with van der Waals surface area (Å²) in [6.45, 7) is 0.936. The van der Waals surface area contributed by atoms with Gasteiger partial charge in [-0.25, -0.2) is 26.3 Å². The number of anilines is 1. The number of carbonyl (C=O) groups is 1. The minimum atomic E-state index is -3.66. The van der Waals surface area contributed by atoms with Crippen molar-refractivity contribution >= 4 is 31.6 Å². The van der Waals surface area contributed by atoms with E-state index in [-0.39, 0.29) is 23.9 Å². The molecule has 1 amide bonds. The first-order valence-corrected chi connectivity index (χ1v) is 10.9. The van der Waals surface area contributed by atoms with E-state index in [1.807, 2.05) is 0 Å². The number of benzene rings is 1. The van der Waals surface area contributed by atoms with Crippen molar-refractivity contribution in [1.29, 1.82) is 0 Å². The minimum absolute atomic E-state index is 0.0436. The van der Waals surface area contributed by atoms with Crippen molar-refractivity contribution in [3.05, 3.63) is 24.3 Å². The van der Waals surface area contributed by atoms with Gasteiger partial charge in [-0.3, -0.25) is 4.79 Å². The summed E-state index contributed by atoms with van der Waals surface area (Å²) in [6.07, 6.45) is 2.71. The SMILES string of the molecule is CS(=O)(=O)NCCCNS(=O)(=O)c1ccc(N2CCCC2=O)cc1. The molecule has 24 heavy (non-hydrogen) atoms. The Bertz CT molecular complexity index is 788. The number of carbonyl (C=O) groups excluding carboxylic acids is 1. The van der Waals surface area contributed by atoms with Crippen molar-refractivity contribution in [3.63, 3.8) is 0 Å². The molecule has 1 aliphatic heterocycles. The van der Waals surface area contributed by atoms with Crippen LogP contribution in [0.3, 0.4) is 0 Å². The molecule has 2 N–H and O–H groups in total. The van der Waals surface area contributed by atoms with E-state index in [1.165, 1.54) is 12.1 Å². The van der Waals surface area contributed by atoms with Crippen LogP contribution in [-0.2, 0) is 24.8 Å². The van der Waals surface area contributed by atoms with Gasteiger partial charge in [-0.1, -0.05) is 0 Å². The topological polar surface area (TPSA) is 113 Å². The Morgan fingerprint density at radius 3 is 2.21 bits per heavy atom. The van der Waals surface area contributed by atoms with Crippen LogP contribution in [0.2, 0.25) is 0 Å². The molecule has 0 radical (unpaired) electrons. The summed E-state index contributed by atoms with van der Waals surface area (Å²) in [4.78, 5) is 13.4. The van der Waals surface area contributed by atoms with E-state index in [4.69, 9.17) is 0 Å². The zero-order valence-corrected chi connectivity index (χ0v) is 15.0. The van der Waals surface area contributed by atoms with Gasteiger partial charge in [0.05, 0.1) is 11.2 Å². The van der Waals surface area contributed by atoms with E-state index in [0.717, 1.165) is 12.7 Å². The van der Waals surface area contributed by atoms with Crippen LogP contribution < -0.4 is 14.3 Å². The van der Waals surface area contributed by atoms with Crippen molar-refractivity contribution in [1.82, 2.24) is 9.44 Å². The first-order chi connectivity index (χ1) is 11.2. The molecular formula is C14H21N3O5S2. The van der Waals surface area contributed by atoms with Crippen LogP contribution >= 0.6 is 0 Å². The Labute approximate surface area is 142 Å². The van der Waals surface area contributed by atoms with Crippen LogP contribution in [0.4, 0.5) is 5.69 Å². The number of hydrogen-bond donors (Lipinski definition) is 2. The average molecular weight is 375 g/mol. The third kappa shape index (κ3) is 5.26. The highest BCUT2D eigenvalue weighted by Crippen LogP contribution is 2.22. The summed E-state index contributed by atoms with van der Waals surface area (Å²) in [7, 11) is -6.93. The maximum atomic E-state index is 12.2. The fraction of sp³-hybridized carbons (Fsp3) is 0.500. The van der Waals surface area contributed by atoms with Gasteiger partial charge in [0.2, 0.25) is 26.0 Å². The number of hydrogen-bond acceptors (Lipinski definition) is 5. The van der Waals surface area contributed by atoms with Crippen molar-refractivity contribution in [2.24, 2.45) is 0 Å². The number of sulfonamides is 2. The largest absolute Gasteiger partial charge is 0.312 e. The van der Waals surface area contributed by atoms with Gasteiger partial charge in [-0.05, 0) is 37.1 Å². The molecule has 0 bridgehead atoms. The summed E-state index contributed by atoms with van der Waals surface area (Å²) in [5.41, 5.74) is 0.689. The predicted molar refractivity (Wildman–Crippen MR) is 90.7 cm³/mol. The average Bonchev–Trinajstić information content (AvgIpc) is 2.92. The highest BCUT2D eigenvalue weighted by atomic mass is 32.2. The molecule has 0 atom stereocenters. The molecule has 0 spiro atoms. The van der Waals surface area contributed by atoms with Gasteiger partial charge in [0.1, 0.15) is 0 Å². The lowest BCUT2D eigenvalue weighted by atomic mass is 10.3. The van der Waals surface area contributed by atoms with Crippen LogP contribution in [0.1, 0.15) is 19.3 Å². The molecule has 1 fully saturated rings. The zero-order chi connectivity index (χ0) is 17.8. The standard InChI is InChI=1S/C14H21N3O5S2/c1-23(19,20)15-9-3-10-16-24(21,22)13-7-5-12(6-8-13)17-11-2-4-14(17)18/h5-8,15-16H,2-4,9-11H2,1H3. The van der Waals surface area contributed by atoms with Gasteiger partial charge < -0.3 is 4.90 Å². The number of nitrogens with zero attached hydrogens (tertiary/aromatic N) is 1. The van der Waals surface area contributed by atoms with E-state index in [0.29, 0.717) is 25.1 Å². The first-order valence-electron chi connectivity index (χ1n) is 7.54. The lowest BCUT2D eigenvalue weighted by molar-refractivity contribution is -0.117. The Morgan fingerprint density at radius 1 is 1.04 bits per heavy atom. The van der Waals surface area contributed by atoms with Crippen molar-refractivity contribution < 1.29 is 21.6 Å². The molecular weight excluding hydrogens is 354 g/mol. The molecule has 0 saturated carbocycles. The number of rotatable bonds is 8. The molecule has 8 nitrogen and oxygen atoms in total. The molecule has 1 saturated heterocycles. The molecule has 1 aromatic carbocycles. The summed E-state index contributed by atoms with van der Waals surface area (Å²) < 4.78 is 50.8. The number of amides is 1. The van der Waals surface area contributed by atoms with Crippen LogP contribution in [0.15, 0.2) is 29.2 Å². The fourth-order valence-electron chi connectivity index (χ4n) is 2.36. The molecule has 0 unspecified atom stereocenters. The quantitative estimate of drug-likeness (QED) is 0.623. The molecule has 1 aliphatic rings. The van der Waals surface area contributed by atoms with Gasteiger partial charge in [0.25, 0.3) is 0 Å². The van der Waals surface area contributed by atoms with Crippen LogP contribution in [0.25, 0.3) is 0 Å². The van der Waals surface area contributed by atoms with Gasteiger partial charge >= 0.3 is 0 Å². The minimum Gasteiger partial charge on any atom is -0.312 e. The molecule has 0 aromatic heterocycles. The Hall–Kier alpha value is -1.49. The zero-order valence-electron chi connectivity index (χ0n) is 13.4. The second-order valence-corrected chi connectivity index (χ2v) is 9.16. The summed E-state index contributed by atoms with van der Waals surface area (Å²) in [6, 6.07) is 6.14. The molecule has 1 aromatic rings. The number of nitrogens with one attached hydrogen (secondary N) is 2. The second kappa shape index (κ2) is 7.60. The Balaban J connectivity index is 1.91. The molecule has 134 valence electrons. The normalized spacial score (nSPS) is 15.9. The van der Waals surface area contributed by atoms with Crippen molar-refractivity contribution in [3.8, 4) is 0 Å². The van der Waals surface area contributed by atoms with Crippen LogP contribution in [-0.4, -0.2) is 48.6 Å². The fourth-order valence-corrected chi connectivity index (χ4v) is 3.95. The van der Waals surface area contributed by atoms with E-state index in [1.54, 1.807) is 17.0 Å². The van der Waals surface area contributed by atoms with Gasteiger partial charge in [-0.15, -0.1) is 0 Å². The third-order valence-electron chi connectivity index (χ3n) is 3.54. The Kier molecular flexibility index (Phi) is 5.97. The molecule has 2 rings (SSSR count). The van der Waals surface area contributed by atoms with E-state index in [9.17, 15) is 21.6 Å². The van der Waals surface area contributed by atoms with E-state index >= 15 is 0 Å². The molecule has 1 heterocycles. The van der Waals surface area contributed by atoms with Crippen LogP contribution in [0.5, 0.6) is 0 Å². The maximum absolute atomic E-state index is 12.2. The van der Waals surface area contributed by atoms with Gasteiger partial charge in [0, 0.05) is 31.7 Å². The summed E-state index contributed by atoms with van der Waals surface area (Å²) in [5.74, 6) is 0.0436. The maximum Gasteiger partial charge on any atom is 0.240 e. The monoisotopic (exact) mass is 375 g/mol. The highest BCUT2D eigenvalue weighted by molar-refractivity contribution is 7.89. The van der Waals surface area contributed by atoms with E-state index in [2.05, 4.69) is 9.44 Å². The molecule has 10 heteroatoms. The van der Waals surface area contributed by atoms with Gasteiger partial charge in [-0.2, -0.15) is 0 Å². The lowest BCUT2D eigenvalue weighted by Crippen LogP contribution is -2.29. The smallest absolute Gasteiger partial charge is 0.240 e. The first kappa shape index (κ1) is 18.8. The molecule has 0 aliphatic carbocycles. The van der Waals surface area contributed by atoms with Crippen LogP contribution in [0, 0.1) is 0 Å². The second-order valence-electron chi connectivity index (χ2n) is 5.56. The van der Waals surface area contributed by atoms with Crippen molar-refractivity contribution in [2.45, 2.75) is 24.2 Å². The van der Waals surface area contributed by atoms with Crippen molar-refractivity contribution in [2.75, 3.05) is 30.8 Å². The predicted octanol–water partition coefficient (Wildman–Crippen LogP) is 0.0310. The van der Waals surface area contributed by atoms with Gasteiger partial charge in [0.15, 0.2) is 0 Å². The lowest BCUT2D eigenvalue weighted by Gasteiger charge is -2.16. The Morgan fingerprint density at radius 2 is 1.67 bits per heavy atom. The summed E-state index contributed by atoms with van der Waals surface area (Å²) in [5, 5.41) is 0.